The molecule has 3 aromatic rings. The van der Waals surface area contributed by atoms with Crippen LogP contribution in [0.15, 0.2) is 41.3 Å². The molecule has 3 heterocycles. The Morgan fingerprint density at radius 1 is 1.03 bits per heavy atom. The van der Waals surface area contributed by atoms with Gasteiger partial charge >= 0.3 is 0 Å². The molecule has 2 aromatic heterocycles. The number of thiazole rings is 1. The number of amides is 1. The van der Waals surface area contributed by atoms with Crippen LogP contribution in [0.4, 0.5) is 0 Å². The summed E-state index contributed by atoms with van der Waals surface area (Å²) in [5, 5.41) is 5.62. The van der Waals surface area contributed by atoms with E-state index in [4.69, 9.17) is 14.9 Å². The molecule has 1 aromatic carbocycles. The maximum Gasteiger partial charge on any atom is 0.283 e. The Kier molecular flexibility index (Phi) is 6.37. The van der Waals surface area contributed by atoms with E-state index in [-0.39, 0.29) is 23.0 Å². The lowest BCUT2D eigenvalue weighted by Gasteiger charge is -2.34. The third kappa shape index (κ3) is 5.14. The molecule has 0 radical (unpaired) electrons. The number of carbonyl (C=O) groups is 1. The van der Waals surface area contributed by atoms with Gasteiger partial charge in [0.05, 0.1) is 27.7 Å². The SMILES string of the molecule is Cc1cc(-c2nc(C(=O)N3C[C@@H](C)O[C@@H](C)C3)sc2-c2ccc(S(N)(=O)=O)cc2)cc(C)n1. The average Bonchev–Trinajstić information content (AvgIpc) is 3.17. The van der Waals surface area contributed by atoms with Crippen LogP contribution in [-0.2, 0) is 14.8 Å². The Balaban J connectivity index is 1.80. The van der Waals surface area contributed by atoms with Crippen molar-refractivity contribution in [2.45, 2.75) is 44.8 Å². The van der Waals surface area contributed by atoms with Gasteiger partial charge in [-0.05, 0) is 57.5 Å². The number of hydrogen-bond acceptors (Lipinski definition) is 7. The minimum atomic E-state index is -3.80. The number of primary sulfonamides is 1. The number of pyridine rings is 1. The lowest BCUT2D eigenvalue weighted by molar-refractivity contribution is -0.0586. The molecule has 1 saturated heterocycles. The Morgan fingerprint density at radius 3 is 2.15 bits per heavy atom. The Hall–Kier alpha value is -2.66. The minimum Gasteiger partial charge on any atom is -0.372 e. The zero-order chi connectivity index (χ0) is 23.9. The van der Waals surface area contributed by atoms with Crippen LogP contribution in [0, 0.1) is 13.8 Å². The van der Waals surface area contributed by atoms with Gasteiger partial charge in [0.1, 0.15) is 0 Å². The molecule has 1 amide bonds. The third-order valence-electron chi connectivity index (χ3n) is 5.32. The summed E-state index contributed by atoms with van der Waals surface area (Å²) >= 11 is 1.29. The smallest absolute Gasteiger partial charge is 0.283 e. The first kappa shape index (κ1) is 23.5. The molecule has 0 unspecified atom stereocenters. The number of benzene rings is 1. The van der Waals surface area contributed by atoms with Crippen molar-refractivity contribution in [3.63, 3.8) is 0 Å². The molecular weight excluding hydrogens is 460 g/mol. The Bertz CT molecular complexity index is 1270. The first-order valence-corrected chi connectivity index (χ1v) is 12.9. The molecule has 1 fully saturated rings. The average molecular weight is 487 g/mol. The van der Waals surface area contributed by atoms with E-state index in [0.717, 1.165) is 27.4 Å². The molecule has 0 spiro atoms. The van der Waals surface area contributed by atoms with Gasteiger partial charge in [-0.2, -0.15) is 0 Å². The lowest BCUT2D eigenvalue weighted by atomic mass is 10.1. The van der Waals surface area contributed by atoms with Gasteiger partial charge in [-0.3, -0.25) is 9.78 Å². The monoisotopic (exact) mass is 486 g/mol. The van der Waals surface area contributed by atoms with Gasteiger partial charge in [-0.25, -0.2) is 18.5 Å². The summed E-state index contributed by atoms with van der Waals surface area (Å²) in [7, 11) is -3.80. The van der Waals surface area contributed by atoms with Gasteiger partial charge in [0.15, 0.2) is 5.01 Å². The molecular formula is C23H26N4O4S2. The van der Waals surface area contributed by atoms with Crippen LogP contribution < -0.4 is 5.14 Å². The number of carbonyl (C=O) groups excluding carboxylic acids is 1. The molecule has 1 aliphatic rings. The van der Waals surface area contributed by atoms with Crippen LogP contribution in [0.1, 0.15) is 35.0 Å². The molecule has 2 atom stereocenters. The summed E-state index contributed by atoms with van der Waals surface area (Å²) in [4.78, 5) is 25.1. The fourth-order valence-corrected chi connectivity index (χ4v) is 5.63. The van der Waals surface area contributed by atoms with Crippen LogP contribution in [0.5, 0.6) is 0 Å². The molecule has 33 heavy (non-hydrogen) atoms. The highest BCUT2D eigenvalue weighted by atomic mass is 32.2. The maximum absolute atomic E-state index is 13.3. The summed E-state index contributed by atoms with van der Waals surface area (Å²) in [6.07, 6.45) is -0.0966. The normalized spacial score (nSPS) is 19.0. The maximum atomic E-state index is 13.3. The molecule has 0 bridgehead atoms. The summed E-state index contributed by atoms with van der Waals surface area (Å²) in [5.41, 5.74) is 3.96. The van der Waals surface area contributed by atoms with Crippen LogP contribution >= 0.6 is 11.3 Å². The topological polar surface area (TPSA) is 115 Å². The Labute approximate surface area is 197 Å². The number of aryl methyl sites for hydroxylation is 2. The fourth-order valence-electron chi connectivity index (χ4n) is 4.05. The molecule has 1 aliphatic heterocycles. The van der Waals surface area contributed by atoms with E-state index in [1.807, 2.05) is 39.8 Å². The molecule has 174 valence electrons. The van der Waals surface area contributed by atoms with Crippen molar-refractivity contribution in [2.24, 2.45) is 5.14 Å². The molecule has 0 saturated carbocycles. The second kappa shape index (κ2) is 8.94. The van der Waals surface area contributed by atoms with Crippen LogP contribution in [0.25, 0.3) is 21.7 Å². The number of nitrogens with zero attached hydrogens (tertiary/aromatic N) is 3. The minimum absolute atomic E-state index is 0.0282. The van der Waals surface area contributed by atoms with Gasteiger partial charge in [0, 0.05) is 30.0 Å². The van der Waals surface area contributed by atoms with Crippen molar-refractivity contribution >= 4 is 27.3 Å². The predicted molar refractivity (Wildman–Crippen MR) is 128 cm³/mol. The summed E-state index contributed by atoms with van der Waals surface area (Å²) in [6, 6.07) is 10.2. The second-order valence-corrected chi connectivity index (χ2v) is 10.9. The van der Waals surface area contributed by atoms with Gasteiger partial charge in [-0.1, -0.05) is 12.1 Å². The van der Waals surface area contributed by atoms with E-state index in [0.29, 0.717) is 23.8 Å². The van der Waals surface area contributed by atoms with Crippen molar-refractivity contribution in [1.82, 2.24) is 14.9 Å². The van der Waals surface area contributed by atoms with Gasteiger partial charge in [0.2, 0.25) is 10.0 Å². The Morgan fingerprint density at radius 2 is 1.61 bits per heavy atom. The molecule has 10 heteroatoms. The van der Waals surface area contributed by atoms with Crippen molar-refractivity contribution in [1.29, 1.82) is 0 Å². The van der Waals surface area contributed by atoms with E-state index in [1.54, 1.807) is 17.0 Å². The first-order chi connectivity index (χ1) is 15.5. The van der Waals surface area contributed by atoms with E-state index in [9.17, 15) is 13.2 Å². The van der Waals surface area contributed by atoms with Crippen LogP contribution in [-0.4, -0.2) is 54.5 Å². The van der Waals surface area contributed by atoms with Crippen LogP contribution in [0.3, 0.4) is 0 Å². The number of ether oxygens (including phenoxy) is 1. The standard InChI is InChI=1S/C23H26N4O4S2/c1-13-9-18(10-14(2)25-13)20-21(17-5-7-19(8-6-17)33(24,29)30)32-22(26-20)23(28)27-11-15(3)31-16(4)12-27/h5-10,15-16H,11-12H2,1-4H3,(H2,24,29,30)/t15-,16+. The number of rotatable bonds is 4. The molecule has 0 aliphatic carbocycles. The molecule has 2 N–H and O–H groups in total. The van der Waals surface area contributed by atoms with Crippen molar-refractivity contribution in [3.05, 3.63) is 52.8 Å². The van der Waals surface area contributed by atoms with E-state index < -0.39 is 10.0 Å². The lowest BCUT2D eigenvalue weighted by Crippen LogP contribution is -2.48. The largest absolute Gasteiger partial charge is 0.372 e. The highest BCUT2D eigenvalue weighted by Crippen LogP contribution is 2.38. The van der Waals surface area contributed by atoms with Crippen LogP contribution in [0.2, 0.25) is 0 Å². The molecule has 8 nitrogen and oxygen atoms in total. The number of sulfonamides is 1. The van der Waals surface area contributed by atoms with Crippen molar-refractivity contribution < 1.29 is 17.9 Å². The highest BCUT2D eigenvalue weighted by molar-refractivity contribution is 7.89. The van der Waals surface area contributed by atoms with Gasteiger partial charge in [0.25, 0.3) is 5.91 Å². The summed E-state index contributed by atoms with van der Waals surface area (Å²) in [5.74, 6) is -0.141. The number of morpholine rings is 1. The summed E-state index contributed by atoms with van der Waals surface area (Å²) in [6.45, 7) is 8.72. The second-order valence-electron chi connectivity index (χ2n) is 8.37. The van der Waals surface area contributed by atoms with E-state index in [1.165, 1.54) is 23.5 Å². The zero-order valence-electron chi connectivity index (χ0n) is 18.9. The number of aromatic nitrogens is 2. The van der Waals surface area contributed by atoms with Crippen molar-refractivity contribution in [2.75, 3.05) is 13.1 Å². The fraction of sp³-hybridized carbons (Fsp3) is 0.348. The van der Waals surface area contributed by atoms with E-state index >= 15 is 0 Å². The predicted octanol–water partition coefficient (Wildman–Crippen LogP) is 3.39. The zero-order valence-corrected chi connectivity index (χ0v) is 20.5. The summed E-state index contributed by atoms with van der Waals surface area (Å²) < 4.78 is 29.1. The molecule has 4 rings (SSSR count). The first-order valence-electron chi connectivity index (χ1n) is 10.6. The van der Waals surface area contributed by atoms with Gasteiger partial charge in [-0.15, -0.1) is 11.3 Å². The highest BCUT2D eigenvalue weighted by Gasteiger charge is 2.29. The quantitative estimate of drug-likeness (QED) is 0.604. The van der Waals surface area contributed by atoms with Crippen molar-refractivity contribution in [3.8, 4) is 21.7 Å². The number of hydrogen-bond donors (Lipinski definition) is 1. The van der Waals surface area contributed by atoms with E-state index in [2.05, 4.69) is 4.98 Å². The number of nitrogens with two attached hydrogens (primary N) is 1. The third-order valence-corrected chi connectivity index (χ3v) is 7.34. The van der Waals surface area contributed by atoms with Gasteiger partial charge < -0.3 is 9.64 Å².